The lowest BCUT2D eigenvalue weighted by molar-refractivity contribution is 0.0843. The van der Waals surface area contributed by atoms with E-state index in [1.165, 1.54) is 19.3 Å². The van der Waals surface area contributed by atoms with Gasteiger partial charge < -0.3 is 14.6 Å². The molecule has 7 heteroatoms. The van der Waals surface area contributed by atoms with Crippen molar-refractivity contribution in [2.45, 2.75) is 52.1 Å². The normalized spacial score (nSPS) is 14.6. The Bertz CT molecular complexity index is 1260. The molecule has 7 nitrogen and oxygen atoms in total. The Morgan fingerprint density at radius 1 is 0.806 bits per heavy atom. The van der Waals surface area contributed by atoms with E-state index in [0.29, 0.717) is 5.92 Å². The average molecular weight is 489 g/mol. The van der Waals surface area contributed by atoms with Gasteiger partial charge in [0.1, 0.15) is 22.9 Å². The highest BCUT2D eigenvalue weighted by Crippen LogP contribution is 2.36. The highest BCUT2D eigenvalue weighted by atomic mass is 16.5. The zero-order valence-electron chi connectivity index (χ0n) is 21.6. The van der Waals surface area contributed by atoms with Crippen LogP contribution in [0.1, 0.15) is 55.2 Å². The van der Waals surface area contributed by atoms with Gasteiger partial charge in [-0.3, -0.25) is 0 Å². The Hall–Kier alpha value is -3.58. The Kier molecular flexibility index (Phi) is 8.44. The minimum atomic E-state index is -0.413. The zero-order chi connectivity index (χ0) is 25.5. The number of aliphatic hydroxyl groups excluding tert-OH is 1. The van der Waals surface area contributed by atoms with Gasteiger partial charge in [-0.15, -0.1) is 0 Å². The van der Waals surface area contributed by atoms with Crippen LogP contribution in [0.3, 0.4) is 0 Å². The first-order chi connectivity index (χ1) is 17.5. The van der Waals surface area contributed by atoms with Gasteiger partial charge in [0.25, 0.3) is 0 Å². The summed E-state index contributed by atoms with van der Waals surface area (Å²) in [4.78, 5) is 0. The van der Waals surface area contributed by atoms with Gasteiger partial charge in [0, 0.05) is 18.0 Å². The summed E-state index contributed by atoms with van der Waals surface area (Å²) >= 11 is 0. The van der Waals surface area contributed by atoms with Gasteiger partial charge >= 0.3 is 0 Å². The van der Waals surface area contributed by atoms with Gasteiger partial charge in [-0.25, -0.2) is 9.36 Å². The molecule has 1 fully saturated rings. The van der Waals surface area contributed by atoms with Crippen LogP contribution in [-0.4, -0.2) is 38.9 Å². The van der Waals surface area contributed by atoms with Gasteiger partial charge in [0.05, 0.1) is 31.7 Å². The predicted molar refractivity (Wildman–Crippen MR) is 141 cm³/mol. The lowest BCUT2D eigenvalue weighted by atomic mass is 9.83. The number of aryl methyl sites for hydroxylation is 2. The molecule has 2 heterocycles. The van der Waals surface area contributed by atoms with Crippen molar-refractivity contribution >= 4 is 0 Å². The second-order valence-electron chi connectivity index (χ2n) is 9.20. The summed E-state index contributed by atoms with van der Waals surface area (Å²) in [5.41, 5.74) is 4.69. The molecule has 4 aromatic rings. The van der Waals surface area contributed by atoms with Crippen molar-refractivity contribution in [3.8, 4) is 22.9 Å². The fourth-order valence-corrected chi connectivity index (χ4v) is 4.78. The number of para-hydroxylation sites is 4. The number of aromatic nitrogens is 4. The van der Waals surface area contributed by atoms with Crippen molar-refractivity contribution in [1.82, 2.24) is 19.6 Å². The summed E-state index contributed by atoms with van der Waals surface area (Å²) < 4.78 is 14.3. The molecule has 1 saturated carbocycles. The molecule has 1 aliphatic carbocycles. The van der Waals surface area contributed by atoms with Gasteiger partial charge in [0.2, 0.25) is 0 Å². The number of hydrogen-bond acceptors (Lipinski definition) is 5. The fraction of sp³-hybridized carbons (Fsp3) is 0.379. The number of hydrogen-bond donors (Lipinski definition) is 1. The third kappa shape index (κ3) is 5.79. The number of nitrogens with zero attached hydrogens (tertiary/aromatic N) is 4. The maximum atomic E-state index is 10.7. The van der Waals surface area contributed by atoms with E-state index < -0.39 is 6.10 Å². The summed E-state index contributed by atoms with van der Waals surface area (Å²) in [7, 11) is 3.32. The second-order valence-corrected chi connectivity index (χ2v) is 9.20. The molecule has 5 rings (SSSR count). The Labute approximate surface area is 213 Å². The molecule has 36 heavy (non-hydrogen) atoms. The van der Waals surface area contributed by atoms with Crippen LogP contribution < -0.4 is 9.47 Å². The first-order valence-corrected chi connectivity index (χ1v) is 12.5. The molecule has 0 saturated heterocycles. The minimum absolute atomic E-state index is 0.364. The smallest absolute Gasteiger partial charge is 0.144 e. The van der Waals surface area contributed by atoms with Crippen molar-refractivity contribution in [2.75, 3.05) is 14.2 Å². The van der Waals surface area contributed by atoms with Crippen LogP contribution in [0.5, 0.6) is 11.5 Å². The van der Waals surface area contributed by atoms with Crippen LogP contribution in [0.25, 0.3) is 11.4 Å². The van der Waals surface area contributed by atoms with Crippen LogP contribution in [0.4, 0.5) is 0 Å². The maximum Gasteiger partial charge on any atom is 0.144 e. The molecular weight excluding hydrogens is 452 g/mol. The molecule has 2 aromatic heterocycles. The number of aliphatic hydroxyl groups is 1. The number of methoxy groups -OCH3 is 2. The summed E-state index contributed by atoms with van der Waals surface area (Å²) in [6.07, 6.45) is 9.43. The van der Waals surface area contributed by atoms with Crippen molar-refractivity contribution in [1.29, 1.82) is 0 Å². The number of ether oxygens (including phenoxy) is 2. The molecule has 1 aliphatic rings. The summed E-state index contributed by atoms with van der Waals surface area (Å²) in [5, 5.41) is 19.6. The summed E-state index contributed by atoms with van der Waals surface area (Å²) in [6.45, 7) is 3.93. The molecule has 1 N–H and O–H groups in total. The topological polar surface area (TPSA) is 74.3 Å². The summed E-state index contributed by atoms with van der Waals surface area (Å²) in [5.74, 6) is 1.97. The van der Waals surface area contributed by atoms with E-state index in [4.69, 9.17) is 9.47 Å². The number of rotatable bonds is 6. The van der Waals surface area contributed by atoms with Crippen LogP contribution >= 0.6 is 0 Å². The standard InChI is InChI=1S/C18H24N2O2.C11H12N2O/c1-13-15(18(21)14-8-4-3-5-9-14)12-20(19-13)16-10-6-7-11-17(16)22-2;1-9-7-8-13(12-9)10-5-3-4-6-11(10)14-2/h6-7,10-12,14,18,21H,3-5,8-9H2,1-2H3;3-8H,1-2H3. The van der Waals surface area contributed by atoms with Crippen molar-refractivity contribution in [2.24, 2.45) is 5.92 Å². The minimum Gasteiger partial charge on any atom is -0.494 e. The maximum absolute atomic E-state index is 10.7. The highest BCUT2D eigenvalue weighted by molar-refractivity contribution is 5.47. The van der Waals surface area contributed by atoms with Crippen molar-refractivity contribution < 1.29 is 14.6 Å². The van der Waals surface area contributed by atoms with Crippen molar-refractivity contribution in [3.05, 3.63) is 83.9 Å². The van der Waals surface area contributed by atoms with Crippen LogP contribution in [0, 0.1) is 19.8 Å². The van der Waals surface area contributed by atoms with Gasteiger partial charge in [-0.2, -0.15) is 10.2 Å². The Morgan fingerprint density at radius 2 is 1.39 bits per heavy atom. The van der Waals surface area contributed by atoms with E-state index in [-0.39, 0.29) is 0 Å². The van der Waals surface area contributed by atoms with E-state index in [2.05, 4.69) is 10.2 Å². The molecular formula is C29H36N4O3. The molecule has 1 atom stereocenters. The van der Waals surface area contributed by atoms with E-state index in [1.54, 1.807) is 14.2 Å². The quantitative estimate of drug-likeness (QED) is 0.361. The third-order valence-electron chi connectivity index (χ3n) is 6.74. The SMILES string of the molecule is COc1ccccc1-n1cc(C(O)C2CCCCC2)c(C)n1.COc1ccccc1-n1ccc(C)n1. The van der Waals surface area contributed by atoms with Crippen LogP contribution in [0.15, 0.2) is 67.0 Å². The largest absolute Gasteiger partial charge is 0.494 e. The number of benzene rings is 2. The van der Waals surface area contributed by atoms with E-state index >= 15 is 0 Å². The molecule has 0 spiro atoms. The van der Waals surface area contributed by atoms with E-state index in [1.807, 2.05) is 90.2 Å². The van der Waals surface area contributed by atoms with Crippen molar-refractivity contribution in [3.63, 3.8) is 0 Å². The van der Waals surface area contributed by atoms with E-state index in [9.17, 15) is 5.11 Å². The molecule has 0 aliphatic heterocycles. The van der Waals surface area contributed by atoms with E-state index in [0.717, 1.165) is 52.7 Å². The Balaban J connectivity index is 0.000000187. The molecule has 0 radical (unpaired) electrons. The molecule has 1 unspecified atom stereocenters. The molecule has 0 amide bonds. The predicted octanol–water partition coefficient (Wildman–Crippen LogP) is 5.99. The zero-order valence-corrected chi connectivity index (χ0v) is 21.6. The first-order valence-electron chi connectivity index (χ1n) is 12.5. The van der Waals surface area contributed by atoms with Gasteiger partial charge in [0.15, 0.2) is 0 Å². The first kappa shape index (κ1) is 25.5. The van der Waals surface area contributed by atoms with Crippen LogP contribution in [-0.2, 0) is 0 Å². The van der Waals surface area contributed by atoms with Gasteiger partial charge in [-0.1, -0.05) is 43.5 Å². The highest BCUT2D eigenvalue weighted by Gasteiger charge is 2.26. The monoisotopic (exact) mass is 488 g/mol. The summed E-state index contributed by atoms with van der Waals surface area (Å²) in [6, 6.07) is 17.6. The lowest BCUT2D eigenvalue weighted by Crippen LogP contribution is -2.16. The average Bonchev–Trinajstić information content (AvgIpc) is 3.54. The molecule has 190 valence electrons. The Morgan fingerprint density at radius 3 is 1.94 bits per heavy atom. The second kappa shape index (κ2) is 11.9. The third-order valence-corrected chi connectivity index (χ3v) is 6.74. The molecule has 2 aromatic carbocycles. The lowest BCUT2D eigenvalue weighted by Gasteiger charge is -2.26. The van der Waals surface area contributed by atoms with Crippen LogP contribution in [0.2, 0.25) is 0 Å². The van der Waals surface area contributed by atoms with Gasteiger partial charge in [-0.05, 0) is 62.9 Å². The molecule has 0 bridgehead atoms. The fourth-order valence-electron chi connectivity index (χ4n) is 4.78.